The minimum absolute atomic E-state index is 0.0744. The van der Waals surface area contributed by atoms with Crippen molar-refractivity contribution in [2.24, 2.45) is 4.99 Å². The summed E-state index contributed by atoms with van der Waals surface area (Å²) in [5.74, 6) is 0.556. The first kappa shape index (κ1) is 17.0. The molecule has 2 aromatic rings. The fourth-order valence-corrected chi connectivity index (χ4v) is 3.90. The molecule has 1 aromatic heterocycles. The van der Waals surface area contributed by atoms with Gasteiger partial charge in [-0.1, -0.05) is 17.7 Å². The molecule has 1 saturated carbocycles. The van der Waals surface area contributed by atoms with E-state index in [0.717, 1.165) is 31.2 Å². The van der Waals surface area contributed by atoms with Gasteiger partial charge in [-0.25, -0.2) is 4.99 Å². The van der Waals surface area contributed by atoms with E-state index in [2.05, 4.69) is 15.3 Å². The van der Waals surface area contributed by atoms with Gasteiger partial charge in [0, 0.05) is 35.4 Å². The fourth-order valence-electron chi connectivity index (χ4n) is 3.71. The molecule has 0 radical (unpaired) electrons. The van der Waals surface area contributed by atoms with Crippen LogP contribution in [0.5, 0.6) is 0 Å². The average Bonchev–Trinajstić information content (AvgIpc) is 3.06. The Hall–Kier alpha value is -2.40. The minimum atomic E-state index is -0.331. The summed E-state index contributed by atoms with van der Waals surface area (Å²) in [7, 11) is 0. The maximum atomic E-state index is 12.4. The Morgan fingerprint density at radius 3 is 3.04 bits per heavy atom. The molecule has 6 heteroatoms. The molecule has 2 heterocycles. The lowest BCUT2D eigenvalue weighted by atomic mass is 9.81. The molecule has 1 spiro atoms. The quantitative estimate of drug-likeness (QED) is 0.898. The second kappa shape index (κ2) is 7.08. The number of ether oxygens (including phenoxy) is 1. The molecule has 1 aliphatic heterocycles. The average molecular weight is 370 g/mol. The van der Waals surface area contributed by atoms with E-state index in [4.69, 9.17) is 16.3 Å². The summed E-state index contributed by atoms with van der Waals surface area (Å²) in [6.07, 6.45) is 6.89. The first-order valence-corrected chi connectivity index (χ1v) is 9.22. The molecule has 5 nitrogen and oxygen atoms in total. The molecule has 2 unspecified atom stereocenters. The third kappa shape index (κ3) is 3.58. The molecule has 1 aliphatic carbocycles. The second-order valence-electron chi connectivity index (χ2n) is 6.93. The van der Waals surface area contributed by atoms with Crippen LogP contribution in [0.3, 0.4) is 0 Å². The van der Waals surface area contributed by atoms with E-state index in [1.165, 1.54) is 0 Å². The maximum absolute atomic E-state index is 12.4. The highest BCUT2D eigenvalue weighted by Crippen LogP contribution is 2.36. The van der Waals surface area contributed by atoms with Gasteiger partial charge < -0.3 is 10.1 Å². The third-order valence-electron chi connectivity index (χ3n) is 4.96. The molecule has 4 rings (SSSR count). The predicted octanol–water partition coefficient (Wildman–Crippen LogP) is 3.62. The van der Waals surface area contributed by atoms with Crippen molar-refractivity contribution in [1.82, 2.24) is 10.3 Å². The zero-order valence-corrected chi connectivity index (χ0v) is 15.1. The molecular formula is C20H20ClN3O2. The number of halogens is 1. The lowest BCUT2D eigenvalue weighted by Crippen LogP contribution is -2.47. The van der Waals surface area contributed by atoms with Gasteiger partial charge >= 0.3 is 0 Å². The highest BCUT2D eigenvalue weighted by molar-refractivity contribution is 6.31. The van der Waals surface area contributed by atoms with Crippen LogP contribution in [0.4, 0.5) is 0 Å². The monoisotopic (exact) mass is 369 g/mol. The molecule has 0 saturated heterocycles. The highest BCUT2D eigenvalue weighted by atomic mass is 35.5. The Bertz CT molecular complexity index is 840. The Labute approximate surface area is 157 Å². The standard InChI is InChI=1S/C20H20ClN3O2/c21-16-6-1-4-14(10-16)19-23-13-20(26-19)8-2-7-17(11-20)24-18(25)15-5-3-9-22-12-15/h1,3-6,9-10,12,17H,2,7-8,11,13H2,(H,24,25). The number of hydrogen-bond donors (Lipinski definition) is 1. The van der Waals surface area contributed by atoms with E-state index < -0.39 is 0 Å². The normalized spacial score (nSPS) is 24.8. The largest absolute Gasteiger partial charge is 0.469 e. The number of aliphatic imine (C=N–C) groups is 1. The van der Waals surface area contributed by atoms with Crippen LogP contribution < -0.4 is 5.32 Å². The fraction of sp³-hybridized carbons (Fsp3) is 0.350. The summed E-state index contributed by atoms with van der Waals surface area (Å²) in [5.41, 5.74) is 1.15. The number of hydrogen-bond acceptors (Lipinski definition) is 4. The number of nitrogens with one attached hydrogen (secondary N) is 1. The van der Waals surface area contributed by atoms with E-state index in [1.807, 2.05) is 24.3 Å². The number of rotatable bonds is 3. The molecule has 2 atom stereocenters. The molecule has 2 aliphatic rings. The molecule has 134 valence electrons. The van der Waals surface area contributed by atoms with Gasteiger partial charge in [0.05, 0.1) is 12.1 Å². The summed E-state index contributed by atoms with van der Waals surface area (Å²) >= 11 is 6.08. The first-order chi connectivity index (χ1) is 12.6. The topological polar surface area (TPSA) is 63.6 Å². The SMILES string of the molecule is O=C(NC1CCCC2(CN=C(c3cccc(Cl)c3)O2)C1)c1cccnc1. The van der Waals surface area contributed by atoms with Gasteiger partial charge in [-0.15, -0.1) is 0 Å². The van der Waals surface area contributed by atoms with Gasteiger partial charge in [-0.3, -0.25) is 9.78 Å². The van der Waals surface area contributed by atoms with Crippen molar-refractivity contribution in [2.75, 3.05) is 6.54 Å². The van der Waals surface area contributed by atoms with Gasteiger partial charge in [-0.05, 0) is 49.6 Å². The number of carbonyl (C=O) groups is 1. The zero-order chi connectivity index (χ0) is 18.0. The first-order valence-electron chi connectivity index (χ1n) is 8.84. The van der Waals surface area contributed by atoms with Crippen molar-refractivity contribution in [1.29, 1.82) is 0 Å². The van der Waals surface area contributed by atoms with Crippen LogP contribution in [-0.4, -0.2) is 35.0 Å². The number of nitrogens with zero attached hydrogens (tertiary/aromatic N) is 2. The Morgan fingerprint density at radius 2 is 2.23 bits per heavy atom. The summed E-state index contributed by atoms with van der Waals surface area (Å²) < 4.78 is 6.28. The number of amides is 1. The minimum Gasteiger partial charge on any atom is -0.469 e. The highest BCUT2D eigenvalue weighted by Gasteiger charge is 2.43. The number of benzene rings is 1. The van der Waals surface area contributed by atoms with Crippen LogP contribution in [0.25, 0.3) is 0 Å². The molecule has 26 heavy (non-hydrogen) atoms. The summed E-state index contributed by atoms with van der Waals surface area (Å²) in [6.45, 7) is 0.619. The van der Waals surface area contributed by atoms with Gasteiger partial charge in [-0.2, -0.15) is 0 Å². The van der Waals surface area contributed by atoms with Crippen molar-refractivity contribution in [2.45, 2.75) is 37.3 Å². The Balaban J connectivity index is 1.42. The Kier molecular flexibility index (Phi) is 4.64. The second-order valence-corrected chi connectivity index (χ2v) is 7.36. The molecule has 1 N–H and O–H groups in total. The summed E-state index contributed by atoms with van der Waals surface area (Å²) in [6, 6.07) is 11.2. The van der Waals surface area contributed by atoms with Crippen LogP contribution in [0, 0.1) is 0 Å². The van der Waals surface area contributed by atoms with Crippen LogP contribution >= 0.6 is 11.6 Å². The van der Waals surface area contributed by atoms with Crippen molar-refractivity contribution >= 4 is 23.4 Å². The van der Waals surface area contributed by atoms with E-state index in [-0.39, 0.29) is 17.6 Å². The number of carbonyl (C=O) groups excluding carboxylic acids is 1. The van der Waals surface area contributed by atoms with E-state index in [9.17, 15) is 4.79 Å². The van der Waals surface area contributed by atoms with Crippen LogP contribution in [0.1, 0.15) is 41.6 Å². The molecule has 1 aromatic carbocycles. The van der Waals surface area contributed by atoms with Gasteiger partial charge in [0.1, 0.15) is 5.60 Å². The van der Waals surface area contributed by atoms with E-state index in [0.29, 0.717) is 23.0 Å². The van der Waals surface area contributed by atoms with E-state index >= 15 is 0 Å². The lowest BCUT2D eigenvalue weighted by molar-refractivity contribution is 0.0330. The van der Waals surface area contributed by atoms with Gasteiger partial charge in [0.25, 0.3) is 5.91 Å². The van der Waals surface area contributed by atoms with Crippen molar-refractivity contribution in [3.8, 4) is 0 Å². The van der Waals surface area contributed by atoms with Crippen molar-refractivity contribution < 1.29 is 9.53 Å². The van der Waals surface area contributed by atoms with Crippen LogP contribution in [0.2, 0.25) is 5.02 Å². The zero-order valence-electron chi connectivity index (χ0n) is 14.3. The maximum Gasteiger partial charge on any atom is 0.253 e. The van der Waals surface area contributed by atoms with Crippen molar-refractivity contribution in [3.63, 3.8) is 0 Å². The van der Waals surface area contributed by atoms with Gasteiger partial charge in [0.2, 0.25) is 5.90 Å². The lowest BCUT2D eigenvalue weighted by Gasteiger charge is -2.37. The van der Waals surface area contributed by atoms with Crippen molar-refractivity contribution in [3.05, 3.63) is 64.9 Å². The number of aromatic nitrogens is 1. The third-order valence-corrected chi connectivity index (χ3v) is 5.19. The molecule has 0 bridgehead atoms. The smallest absolute Gasteiger partial charge is 0.253 e. The van der Waals surface area contributed by atoms with Gasteiger partial charge in [0.15, 0.2) is 0 Å². The summed E-state index contributed by atoms with van der Waals surface area (Å²) in [5, 5.41) is 3.79. The predicted molar refractivity (Wildman–Crippen MR) is 101 cm³/mol. The Morgan fingerprint density at radius 1 is 1.31 bits per heavy atom. The molecule has 1 amide bonds. The summed E-state index contributed by atoms with van der Waals surface area (Å²) in [4.78, 5) is 21.0. The van der Waals surface area contributed by atoms with E-state index in [1.54, 1.807) is 24.5 Å². The van der Waals surface area contributed by atoms with Crippen LogP contribution in [0.15, 0.2) is 53.8 Å². The molecule has 1 fully saturated rings. The number of pyridine rings is 1. The van der Waals surface area contributed by atoms with Crippen LogP contribution in [-0.2, 0) is 4.74 Å². The molecular weight excluding hydrogens is 350 g/mol.